The SMILES string of the molecule is COC(=O)CCCS(=O)(=O)NCCCC1CCCC1. The fourth-order valence-corrected chi connectivity index (χ4v) is 3.62. The van der Waals surface area contributed by atoms with Crippen LogP contribution in [0.5, 0.6) is 0 Å². The van der Waals surface area contributed by atoms with E-state index in [1.54, 1.807) is 0 Å². The molecule has 1 N–H and O–H groups in total. The molecule has 0 heterocycles. The minimum absolute atomic E-state index is 0.00840. The zero-order chi connectivity index (χ0) is 14.1. The molecule has 1 saturated carbocycles. The minimum atomic E-state index is -3.24. The maximum absolute atomic E-state index is 11.6. The standard InChI is InChI=1S/C13H25NO4S/c1-18-13(15)9-5-11-19(16,17)14-10-4-8-12-6-2-3-7-12/h12,14H,2-11H2,1H3. The van der Waals surface area contributed by atoms with Crippen LogP contribution in [0.3, 0.4) is 0 Å². The molecule has 0 aromatic carbocycles. The summed E-state index contributed by atoms with van der Waals surface area (Å²) in [6.45, 7) is 0.511. The summed E-state index contributed by atoms with van der Waals surface area (Å²) in [5.41, 5.74) is 0. The molecule has 0 aromatic rings. The third-order valence-corrected chi connectivity index (χ3v) is 5.08. The molecule has 5 nitrogen and oxygen atoms in total. The van der Waals surface area contributed by atoms with E-state index in [1.165, 1.54) is 32.8 Å². The Morgan fingerprint density at radius 2 is 1.95 bits per heavy atom. The third-order valence-electron chi connectivity index (χ3n) is 3.61. The minimum Gasteiger partial charge on any atom is -0.469 e. The Kier molecular flexibility index (Phi) is 7.38. The quantitative estimate of drug-likeness (QED) is 0.519. The highest BCUT2D eigenvalue weighted by molar-refractivity contribution is 7.89. The summed E-state index contributed by atoms with van der Waals surface area (Å²) in [6.07, 6.45) is 7.72. The third kappa shape index (κ3) is 7.52. The van der Waals surface area contributed by atoms with Crippen LogP contribution >= 0.6 is 0 Å². The Balaban J connectivity index is 2.07. The first kappa shape index (κ1) is 16.4. The average Bonchev–Trinajstić information content (AvgIpc) is 2.87. The molecule has 19 heavy (non-hydrogen) atoms. The molecule has 0 aliphatic heterocycles. The number of carbonyl (C=O) groups excluding carboxylic acids is 1. The summed E-state index contributed by atoms with van der Waals surface area (Å²) in [6, 6.07) is 0. The molecule has 1 aliphatic rings. The summed E-state index contributed by atoms with van der Waals surface area (Å²) in [5.74, 6) is 0.422. The number of hydrogen-bond donors (Lipinski definition) is 1. The molecular weight excluding hydrogens is 266 g/mol. The van der Waals surface area contributed by atoms with Gasteiger partial charge in [-0.25, -0.2) is 13.1 Å². The van der Waals surface area contributed by atoms with Crippen LogP contribution in [-0.2, 0) is 19.6 Å². The van der Waals surface area contributed by atoms with Gasteiger partial charge in [0.05, 0.1) is 12.9 Å². The van der Waals surface area contributed by atoms with Gasteiger partial charge in [0.25, 0.3) is 0 Å². The van der Waals surface area contributed by atoms with Crippen LogP contribution in [0, 0.1) is 5.92 Å². The van der Waals surface area contributed by atoms with Gasteiger partial charge in [-0.1, -0.05) is 25.7 Å². The molecule has 0 radical (unpaired) electrons. The maximum atomic E-state index is 11.6. The van der Waals surface area contributed by atoms with Crippen molar-refractivity contribution in [3.05, 3.63) is 0 Å². The molecule has 0 amide bonds. The molecule has 0 spiro atoms. The molecule has 0 unspecified atom stereocenters. The molecule has 112 valence electrons. The van der Waals surface area contributed by atoms with Gasteiger partial charge in [0, 0.05) is 13.0 Å². The normalized spacial score (nSPS) is 16.7. The lowest BCUT2D eigenvalue weighted by atomic mass is 10.0. The Hall–Kier alpha value is -0.620. The number of methoxy groups -OCH3 is 1. The van der Waals surface area contributed by atoms with Crippen LogP contribution in [0.25, 0.3) is 0 Å². The molecular formula is C13H25NO4S. The van der Waals surface area contributed by atoms with Crippen molar-refractivity contribution in [2.24, 2.45) is 5.92 Å². The lowest BCUT2D eigenvalue weighted by Crippen LogP contribution is -2.28. The number of carbonyl (C=O) groups is 1. The van der Waals surface area contributed by atoms with Gasteiger partial charge in [-0.15, -0.1) is 0 Å². The lowest BCUT2D eigenvalue weighted by molar-refractivity contribution is -0.140. The first-order chi connectivity index (χ1) is 9.03. The Labute approximate surface area is 116 Å². The number of ether oxygens (including phenoxy) is 1. The van der Waals surface area contributed by atoms with Gasteiger partial charge in [-0.3, -0.25) is 4.79 Å². The van der Waals surface area contributed by atoms with Crippen molar-refractivity contribution in [3.8, 4) is 0 Å². The van der Waals surface area contributed by atoms with E-state index < -0.39 is 10.0 Å². The van der Waals surface area contributed by atoms with Crippen molar-refractivity contribution in [1.29, 1.82) is 0 Å². The van der Waals surface area contributed by atoms with Gasteiger partial charge in [0.1, 0.15) is 0 Å². The number of esters is 1. The van der Waals surface area contributed by atoms with Crippen LogP contribution < -0.4 is 4.72 Å². The second-order valence-corrected chi connectivity index (χ2v) is 7.11. The zero-order valence-electron chi connectivity index (χ0n) is 11.7. The molecule has 6 heteroatoms. The highest BCUT2D eigenvalue weighted by atomic mass is 32.2. The predicted octanol–water partition coefficient (Wildman–Crippen LogP) is 1.83. The predicted molar refractivity (Wildman–Crippen MR) is 74.2 cm³/mol. The average molecular weight is 291 g/mol. The second kappa shape index (κ2) is 8.53. The van der Waals surface area contributed by atoms with E-state index in [1.807, 2.05) is 0 Å². The van der Waals surface area contributed by atoms with Crippen molar-refractivity contribution in [2.75, 3.05) is 19.4 Å². The largest absolute Gasteiger partial charge is 0.469 e. The zero-order valence-corrected chi connectivity index (χ0v) is 12.5. The lowest BCUT2D eigenvalue weighted by Gasteiger charge is -2.09. The van der Waals surface area contributed by atoms with E-state index in [0.29, 0.717) is 13.0 Å². The van der Waals surface area contributed by atoms with Crippen LogP contribution in [0.1, 0.15) is 51.4 Å². The molecule has 0 aromatic heterocycles. The van der Waals surface area contributed by atoms with E-state index in [0.717, 1.165) is 18.8 Å². The van der Waals surface area contributed by atoms with Crippen molar-refractivity contribution >= 4 is 16.0 Å². The highest BCUT2D eigenvalue weighted by Crippen LogP contribution is 2.28. The topological polar surface area (TPSA) is 72.5 Å². The van der Waals surface area contributed by atoms with E-state index >= 15 is 0 Å². The summed E-state index contributed by atoms with van der Waals surface area (Å²) >= 11 is 0. The number of rotatable bonds is 9. The Morgan fingerprint density at radius 1 is 1.26 bits per heavy atom. The smallest absolute Gasteiger partial charge is 0.305 e. The van der Waals surface area contributed by atoms with E-state index in [-0.39, 0.29) is 18.1 Å². The number of hydrogen-bond acceptors (Lipinski definition) is 4. The summed E-state index contributed by atoms with van der Waals surface area (Å²) < 4.78 is 30.3. The van der Waals surface area contributed by atoms with Gasteiger partial charge < -0.3 is 4.74 Å². The van der Waals surface area contributed by atoms with E-state index in [9.17, 15) is 13.2 Å². The van der Waals surface area contributed by atoms with Crippen LogP contribution in [0.2, 0.25) is 0 Å². The summed E-state index contributed by atoms with van der Waals surface area (Å²) in [4.78, 5) is 10.9. The van der Waals surface area contributed by atoms with E-state index in [2.05, 4.69) is 9.46 Å². The highest BCUT2D eigenvalue weighted by Gasteiger charge is 2.15. The number of sulfonamides is 1. The van der Waals surface area contributed by atoms with Crippen LogP contribution in [-0.4, -0.2) is 33.8 Å². The molecule has 1 rings (SSSR count). The second-order valence-electron chi connectivity index (χ2n) is 5.19. The van der Waals surface area contributed by atoms with E-state index in [4.69, 9.17) is 0 Å². The first-order valence-corrected chi connectivity index (χ1v) is 8.73. The molecule has 0 saturated heterocycles. The fraction of sp³-hybridized carbons (Fsp3) is 0.923. The van der Waals surface area contributed by atoms with Gasteiger partial charge in [0.15, 0.2) is 0 Å². The molecule has 1 fully saturated rings. The van der Waals surface area contributed by atoms with Crippen molar-refractivity contribution in [3.63, 3.8) is 0 Å². The summed E-state index contributed by atoms with van der Waals surface area (Å²) in [7, 11) is -1.94. The molecule has 0 atom stereocenters. The van der Waals surface area contributed by atoms with Crippen molar-refractivity contribution < 1.29 is 17.9 Å². The summed E-state index contributed by atoms with van der Waals surface area (Å²) in [5, 5.41) is 0. The van der Waals surface area contributed by atoms with Gasteiger partial charge >= 0.3 is 5.97 Å². The number of nitrogens with one attached hydrogen (secondary N) is 1. The fourth-order valence-electron chi connectivity index (χ4n) is 2.50. The monoisotopic (exact) mass is 291 g/mol. The Bertz CT molecular complexity index is 361. The molecule has 0 bridgehead atoms. The van der Waals surface area contributed by atoms with Gasteiger partial charge in [-0.2, -0.15) is 0 Å². The van der Waals surface area contributed by atoms with Crippen molar-refractivity contribution in [1.82, 2.24) is 4.72 Å². The van der Waals surface area contributed by atoms with Crippen LogP contribution in [0.15, 0.2) is 0 Å². The van der Waals surface area contributed by atoms with Crippen LogP contribution in [0.4, 0.5) is 0 Å². The first-order valence-electron chi connectivity index (χ1n) is 7.07. The van der Waals surface area contributed by atoms with Gasteiger partial charge in [0.2, 0.25) is 10.0 Å². The maximum Gasteiger partial charge on any atom is 0.305 e. The van der Waals surface area contributed by atoms with Crippen molar-refractivity contribution in [2.45, 2.75) is 51.4 Å². The molecule has 1 aliphatic carbocycles. The van der Waals surface area contributed by atoms with Gasteiger partial charge in [-0.05, 0) is 25.2 Å². The Morgan fingerprint density at radius 3 is 2.58 bits per heavy atom.